The molecule has 7 nitrogen and oxygen atoms in total. The van der Waals surface area contributed by atoms with E-state index in [0.29, 0.717) is 43.6 Å². The van der Waals surface area contributed by atoms with E-state index in [9.17, 15) is 8.42 Å². The third-order valence-corrected chi connectivity index (χ3v) is 6.51. The molecule has 0 atom stereocenters. The highest BCUT2D eigenvalue weighted by molar-refractivity contribution is 7.89. The fraction of sp³-hybridized carbons (Fsp3) is 0.316. The van der Waals surface area contributed by atoms with Gasteiger partial charge in [-0.05, 0) is 42.5 Å². The Kier molecular flexibility index (Phi) is 6.84. The first-order valence-electron chi connectivity index (χ1n) is 8.85. The first-order valence-corrected chi connectivity index (χ1v) is 10.7. The number of anilines is 1. The Labute approximate surface area is 170 Å². The van der Waals surface area contributed by atoms with Gasteiger partial charge in [-0.3, -0.25) is 0 Å². The van der Waals surface area contributed by atoms with Crippen molar-refractivity contribution in [2.45, 2.75) is 11.4 Å². The largest absolute Gasteiger partial charge is 0.496 e. The average molecular weight is 422 g/mol. The van der Waals surface area contributed by atoms with E-state index >= 15 is 0 Å². The van der Waals surface area contributed by atoms with Crippen LogP contribution in [0.4, 0.5) is 5.69 Å². The number of nitrogens with zero attached hydrogens (tertiary/aromatic N) is 1. The number of benzene rings is 2. The van der Waals surface area contributed by atoms with Crippen LogP contribution < -0.4 is 15.4 Å². The molecule has 9 heteroatoms. The highest BCUT2D eigenvalue weighted by Crippen LogP contribution is 2.20. The van der Waals surface area contributed by atoms with Gasteiger partial charge in [0.1, 0.15) is 5.75 Å². The molecule has 2 N–H and O–H groups in total. The molecule has 150 valence electrons. The highest BCUT2D eigenvalue weighted by atomic mass is 32.2. The molecule has 3 rings (SSSR count). The lowest BCUT2D eigenvalue weighted by atomic mass is 10.2. The van der Waals surface area contributed by atoms with Gasteiger partial charge in [0.2, 0.25) is 10.0 Å². The summed E-state index contributed by atoms with van der Waals surface area (Å²) in [5, 5.41) is 6.62. The summed E-state index contributed by atoms with van der Waals surface area (Å²) in [7, 11) is -1.87. The van der Waals surface area contributed by atoms with E-state index in [0.717, 1.165) is 11.3 Å². The molecule has 0 spiro atoms. The van der Waals surface area contributed by atoms with Gasteiger partial charge in [0.05, 0.1) is 25.2 Å². The average Bonchev–Trinajstić information content (AvgIpc) is 2.73. The molecule has 1 heterocycles. The minimum Gasteiger partial charge on any atom is -0.496 e. The van der Waals surface area contributed by atoms with E-state index in [1.165, 1.54) is 4.31 Å². The second-order valence-electron chi connectivity index (χ2n) is 6.16. The minimum absolute atomic E-state index is 0.257. The lowest BCUT2D eigenvalue weighted by Gasteiger charge is -2.26. The lowest BCUT2D eigenvalue weighted by molar-refractivity contribution is 0.0730. The Bertz CT molecular complexity index is 911. The van der Waals surface area contributed by atoms with Gasteiger partial charge < -0.3 is 20.1 Å². The van der Waals surface area contributed by atoms with E-state index < -0.39 is 10.0 Å². The second kappa shape index (κ2) is 9.33. The molecule has 1 saturated heterocycles. The van der Waals surface area contributed by atoms with Crippen LogP contribution in [0.2, 0.25) is 0 Å². The number of methoxy groups -OCH3 is 1. The van der Waals surface area contributed by atoms with E-state index in [4.69, 9.17) is 21.7 Å². The molecule has 0 saturated carbocycles. The van der Waals surface area contributed by atoms with E-state index in [1.54, 1.807) is 31.4 Å². The van der Waals surface area contributed by atoms with Crippen molar-refractivity contribution in [1.29, 1.82) is 0 Å². The highest BCUT2D eigenvalue weighted by Gasteiger charge is 2.26. The van der Waals surface area contributed by atoms with Gasteiger partial charge >= 0.3 is 0 Å². The molecule has 0 aliphatic carbocycles. The summed E-state index contributed by atoms with van der Waals surface area (Å²) in [6.07, 6.45) is 0. The molecule has 28 heavy (non-hydrogen) atoms. The zero-order valence-corrected chi connectivity index (χ0v) is 17.2. The van der Waals surface area contributed by atoms with Crippen LogP contribution in [0.15, 0.2) is 53.4 Å². The van der Waals surface area contributed by atoms with Crippen molar-refractivity contribution in [1.82, 2.24) is 9.62 Å². The quantitative estimate of drug-likeness (QED) is 0.692. The molecule has 1 fully saturated rings. The zero-order chi connectivity index (χ0) is 20.0. The summed E-state index contributed by atoms with van der Waals surface area (Å²) >= 11 is 5.32. The minimum atomic E-state index is -3.50. The number of para-hydroxylation sites is 1. The number of ether oxygens (including phenoxy) is 2. The van der Waals surface area contributed by atoms with Crippen LogP contribution in [0, 0.1) is 0 Å². The van der Waals surface area contributed by atoms with Gasteiger partial charge in [-0.15, -0.1) is 0 Å². The maximum Gasteiger partial charge on any atom is 0.243 e. The van der Waals surface area contributed by atoms with E-state index in [1.807, 2.05) is 24.3 Å². The molecule has 0 amide bonds. The Morgan fingerprint density at radius 1 is 1.14 bits per heavy atom. The molecule has 1 aliphatic rings. The van der Waals surface area contributed by atoms with Crippen molar-refractivity contribution in [3.63, 3.8) is 0 Å². The number of morpholine rings is 1. The molecular formula is C19H23N3O4S2. The third-order valence-electron chi connectivity index (χ3n) is 4.35. The molecule has 0 aromatic heterocycles. The molecule has 1 aliphatic heterocycles. The molecule has 2 aromatic rings. The van der Waals surface area contributed by atoms with Crippen molar-refractivity contribution < 1.29 is 17.9 Å². The smallest absolute Gasteiger partial charge is 0.243 e. The van der Waals surface area contributed by atoms with Crippen LogP contribution in [0.25, 0.3) is 0 Å². The maximum atomic E-state index is 12.6. The molecule has 0 unspecified atom stereocenters. The normalized spacial score (nSPS) is 15.0. The summed E-state index contributed by atoms with van der Waals surface area (Å²) in [6.45, 7) is 2.11. The number of sulfonamides is 1. The van der Waals surface area contributed by atoms with E-state index in [2.05, 4.69) is 10.6 Å². The molecule has 0 radical (unpaired) electrons. The zero-order valence-electron chi connectivity index (χ0n) is 15.6. The molecular weight excluding hydrogens is 398 g/mol. The van der Waals surface area contributed by atoms with Crippen LogP contribution in [0.1, 0.15) is 5.56 Å². The Hall–Kier alpha value is -2.20. The van der Waals surface area contributed by atoms with Gasteiger partial charge in [-0.2, -0.15) is 4.31 Å². The van der Waals surface area contributed by atoms with Gasteiger partial charge in [0, 0.05) is 30.9 Å². The van der Waals surface area contributed by atoms with Crippen LogP contribution in [-0.2, 0) is 21.3 Å². The van der Waals surface area contributed by atoms with Crippen LogP contribution in [0.3, 0.4) is 0 Å². The van der Waals surface area contributed by atoms with Crippen molar-refractivity contribution in [2.75, 3.05) is 38.7 Å². The van der Waals surface area contributed by atoms with Crippen molar-refractivity contribution >= 4 is 33.0 Å². The van der Waals surface area contributed by atoms with Gasteiger partial charge in [0.25, 0.3) is 0 Å². The molecule has 0 bridgehead atoms. The second-order valence-corrected chi connectivity index (χ2v) is 8.51. The fourth-order valence-electron chi connectivity index (χ4n) is 2.85. The number of rotatable bonds is 6. The van der Waals surface area contributed by atoms with Crippen molar-refractivity contribution in [3.8, 4) is 5.75 Å². The summed E-state index contributed by atoms with van der Waals surface area (Å²) in [5.41, 5.74) is 1.69. The summed E-state index contributed by atoms with van der Waals surface area (Å²) in [4.78, 5) is 0.257. The number of nitrogens with one attached hydrogen (secondary N) is 2. The lowest BCUT2D eigenvalue weighted by Crippen LogP contribution is -2.40. The number of hydrogen-bond acceptors (Lipinski definition) is 5. The van der Waals surface area contributed by atoms with Crippen LogP contribution in [-0.4, -0.2) is 51.2 Å². The number of thiocarbonyl (C=S) groups is 1. The standard InChI is InChI=1S/C19H23N3O4S2/c1-25-18-5-3-2-4-15(18)14-20-19(27)21-16-6-8-17(9-7-16)28(23,24)22-10-12-26-13-11-22/h2-9H,10-14H2,1H3,(H2,20,21,27). The fourth-order valence-corrected chi connectivity index (χ4v) is 4.44. The Balaban J connectivity index is 1.58. The monoisotopic (exact) mass is 421 g/mol. The SMILES string of the molecule is COc1ccccc1CNC(=S)Nc1ccc(S(=O)(=O)N2CCOCC2)cc1. The van der Waals surface area contributed by atoms with E-state index in [-0.39, 0.29) is 4.90 Å². The Morgan fingerprint density at radius 2 is 1.82 bits per heavy atom. The maximum absolute atomic E-state index is 12.6. The first kappa shape index (κ1) is 20.5. The van der Waals surface area contributed by atoms with Crippen molar-refractivity contribution in [2.24, 2.45) is 0 Å². The van der Waals surface area contributed by atoms with Crippen LogP contribution >= 0.6 is 12.2 Å². The topological polar surface area (TPSA) is 79.9 Å². The summed E-state index contributed by atoms with van der Waals surface area (Å²) < 4.78 is 37.3. The Morgan fingerprint density at radius 3 is 2.50 bits per heavy atom. The first-order chi connectivity index (χ1) is 13.5. The van der Waals surface area contributed by atoms with Gasteiger partial charge in [-0.25, -0.2) is 8.42 Å². The third kappa shape index (κ3) is 4.99. The predicted molar refractivity (Wildman–Crippen MR) is 112 cm³/mol. The van der Waals surface area contributed by atoms with Crippen LogP contribution in [0.5, 0.6) is 5.75 Å². The molecule has 2 aromatic carbocycles. The number of hydrogen-bond donors (Lipinski definition) is 2. The summed E-state index contributed by atoms with van der Waals surface area (Å²) in [5.74, 6) is 0.787. The van der Waals surface area contributed by atoms with Gasteiger partial charge in [-0.1, -0.05) is 18.2 Å². The summed E-state index contributed by atoms with van der Waals surface area (Å²) in [6, 6.07) is 14.2. The predicted octanol–water partition coefficient (Wildman–Crippen LogP) is 2.20. The van der Waals surface area contributed by atoms with Gasteiger partial charge in [0.15, 0.2) is 5.11 Å². The van der Waals surface area contributed by atoms with Crippen molar-refractivity contribution in [3.05, 3.63) is 54.1 Å².